The number of aromatic nitrogens is 2. The van der Waals surface area contributed by atoms with Crippen LogP contribution in [0.25, 0.3) is 0 Å². The van der Waals surface area contributed by atoms with Gasteiger partial charge in [0.25, 0.3) is 0 Å². The molecule has 1 aromatic heterocycles. The molecule has 5 heteroatoms. The van der Waals surface area contributed by atoms with Crippen molar-refractivity contribution >= 4 is 11.6 Å². The Bertz CT molecular complexity index is 709. The van der Waals surface area contributed by atoms with Gasteiger partial charge in [0.2, 0.25) is 5.91 Å². The molecule has 2 heterocycles. The lowest BCUT2D eigenvalue weighted by molar-refractivity contribution is -0.133. The molecule has 1 saturated heterocycles. The van der Waals surface area contributed by atoms with Gasteiger partial charge in [-0.05, 0) is 38.0 Å². The summed E-state index contributed by atoms with van der Waals surface area (Å²) in [6.07, 6.45) is 4.32. The Morgan fingerprint density at radius 3 is 2.71 bits per heavy atom. The molecule has 24 heavy (non-hydrogen) atoms. The maximum atomic E-state index is 12.6. The minimum atomic E-state index is 0.222. The number of hydrogen-bond donors (Lipinski definition) is 0. The quantitative estimate of drug-likeness (QED) is 0.867. The second-order valence-electron chi connectivity index (χ2n) is 6.70. The average molecular weight is 326 g/mol. The molecule has 1 aliphatic heterocycles. The van der Waals surface area contributed by atoms with Gasteiger partial charge in [0.05, 0.1) is 6.20 Å². The molecule has 2 aromatic rings. The molecule has 0 spiro atoms. The van der Waals surface area contributed by atoms with Crippen LogP contribution in [0.4, 0.5) is 5.69 Å². The first-order valence-corrected chi connectivity index (χ1v) is 8.63. The molecule has 1 aliphatic rings. The molecule has 1 amide bonds. The molecule has 0 saturated carbocycles. The van der Waals surface area contributed by atoms with Crippen molar-refractivity contribution in [2.75, 3.05) is 24.5 Å². The molecule has 3 rings (SSSR count). The van der Waals surface area contributed by atoms with Crippen LogP contribution in [-0.2, 0) is 11.3 Å². The molecule has 0 aliphatic carbocycles. The van der Waals surface area contributed by atoms with E-state index in [-0.39, 0.29) is 11.9 Å². The van der Waals surface area contributed by atoms with Gasteiger partial charge in [0, 0.05) is 50.5 Å². The number of amides is 1. The van der Waals surface area contributed by atoms with Crippen molar-refractivity contribution in [2.45, 2.75) is 39.8 Å². The summed E-state index contributed by atoms with van der Waals surface area (Å²) in [5.41, 5.74) is 3.70. The first-order valence-electron chi connectivity index (χ1n) is 8.63. The third-order valence-electron chi connectivity index (χ3n) is 4.72. The van der Waals surface area contributed by atoms with E-state index < -0.39 is 0 Å². The Morgan fingerprint density at radius 1 is 1.25 bits per heavy atom. The number of benzene rings is 1. The lowest BCUT2D eigenvalue weighted by Crippen LogP contribution is -2.54. The predicted molar refractivity (Wildman–Crippen MR) is 96.1 cm³/mol. The molecular weight excluding hydrogens is 300 g/mol. The molecule has 0 N–H and O–H groups in total. The van der Waals surface area contributed by atoms with E-state index in [0.717, 1.165) is 25.2 Å². The van der Waals surface area contributed by atoms with Crippen molar-refractivity contribution in [2.24, 2.45) is 0 Å². The van der Waals surface area contributed by atoms with Crippen molar-refractivity contribution in [3.8, 4) is 0 Å². The molecule has 1 fully saturated rings. The van der Waals surface area contributed by atoms with Gasteiger partial charge in [-0.3, -0.25) is 9.48 Å². The second kappa shape index (κ2) is 7.07. The van der Waals surface area contributed by atoms with Crippen molar-refractivity contribution < 1.29 is 4.79 Å². The maximum absolute atomic E-state index is 12.6. The summed E-state index contributed by atoms with van der Waals surface area (Å²) < 4.78 is 1.85. The van der Waals surface area contributed by atoms with Crippen LogP contribution in [0.15, 0.2) is 36.7 Å². The second-order valence-corrected chi connectivity index (χ2v) is 6.70. The fourth-order valence-electron chi connectivity index (χ4n) is 3.41. The molecule has 0 unspecified atom stereocenters. The maximum Gasteiger partial charge on any atom is 0.224 e. The summed E-state index contributed by atoms with van der Waals surface area (Å²) >= 11 is 0. The molecular formula is C19H26N4O. The van der Waals surface area contributed by atoms with E-state index in [1.54, 1.807) is 0 Å². The highest BCUT2D eigenvalue weighted by Gasteiger charge is 2.27. The van der Waals surface area contributed by atoms with Crippen LogP contribution in [-0.4, -0.2) is 46.3 Å². The van der Waals surface area contributed by atoms with Gasteiger partial charge in [-0.15, -0.1) is 0 Å². The summed E-state index contributed by atoms with van der Waals surface area (Å²) in [6.45, 7) is 9.51. The standard InChI is InChI=1S/C19H26N4O/c1-15-12-20-22(13-15)9-8-19(24)23-11-10-21(14-17(23)3)18-7-5-4-6-16(18)2/h4-7,12-13,17H,8-11,14H2,1-3H3/t17-/m0/s1. The summed E-state index contributed by atoms with van der Waals surface area (Å²) in [5, 5.41) is 4.25. The Labute approximate surface area is 143 Å². The monoisotopic (exact) mass is 326 g/mol. The Balaban J connectivity index is 1.57. The van der Waals surface area contributed by atoms with E-state index in [4.69, 9.17) is 0 Å². The molecule has 1 aromatic carbocycles. The first kappa shape index (κ1) is 16.6. The number of nitrogens with zero attached hydrogens (tertiary/aromatic N) is 4. The van der Waals surface area contributed by atoms with E-state index >= 15 is 0 Å². The van der Waals surface area contributed by atoms with Gasteiger partial charge in [-0.25, -0.2) is 0 Å². The van der Waals surface area contributed by atoms with Gasteiger partial charge < -0.3 is 9.80 Å². The third-order valence-corrected chi connectivity index (χ3v) is 4.72. The van der Waals surface area contributed by atoms with Crippen LogP contribution in [0.2, 0.25) is 0 Å². The van der Waals surface area contributed by atoms with Gasteiger partial charge in [0.1, 0.15) is 0 Å². The number of carbonyl (C=O) groups is 1. The van der Waals surface area contributed by atoms with Crippen LogP contribution >= 0.6 is 0 Å². The number of anilines is 1. The van der Waals surface area contributed by atoms with E-state index in [2.05, 4.69) is 48.1 Å². The largest absolute Gasteiger partial charge is 0.367 e. The summed E-state index contributed by atoms with van der Waals surface area (Å²) in [7, 11) is 0. The van der Waals surface area contributed by atoms with Crippen LogP contribution in [0, 0.1) is 13.8 Å². The van der Waals surface area contributed by atoms with E-state index in [1.807, 2.05) is 28.9 Å². The van der Waals surface area contributed by atoms with Crippen LogP contribution in [0.3, 0.4) is 0 Å². The zero-order chi connectivity index (χ0) is 17.1. The van der Waals surface area contributed by atoms with Crippen LogP contribution < -0.4 is 4.90 Å². The van der Waals surface area contributed by atoms with E-state index in [0.29, 0.717) is 13.0 Å². The molecule has 1 atom stereocenters. The van der Waals surface area contributed by atoms with Crippen molar-refractivity contribution in [1.29, 1.82) is 0 Å². The van der Waals surface area contributed by atoms with E-state index in [9.17, 15) is 4.79 Å². The van der Waals surface area contributed by atoms with Gasteiger partial charge in [-0.2, -0.15) is 5.10 Å². The number of aryl methyl sites for hydroxylation is 3. The number of para-hydroxylation sites is 1. The van der Waals surface area contributed by atoms with Crippen molar-refractivity contribution in [3.05, 3.63) is 47.8 Å². The SMILES string of the molecule is Cc1cnn(CCC(=O)N2CCN(c3ccccc3C)C[C@@H]2C)c1. The minimum absolute atomic E-state index is 0.222. The number of carbonyl (C=O) groups excluding carboxylic acids is 1. The first-order chi connectivity index (χ1) is 11.5. The zero-order valence-corrected chi connectivity index (χ0v) is 14.8. The smallest absolute Gasteiger partial charge is 0.224 e. The molecule has 128 valence electrons. The Morgan fingerprint density at radius 2 is 2.04 bits per heavy atom. The fourth-order valence-corrected chi connectivity index (χ4v) is 3.41. The fraction of sp³-hybridized carbons (Fsp3) is 0.474. The highest BCUT2D eigenvalue weighted by molar-refractivity contribution is 5.77. The lowest BCUT2D eigenvalue weighted by atomic mass is 10.1. The molecule has 0 bridgehead atoms. The van der Waals surface area contributed by atoms with Crippen molar-refractivity contribution in [3.63, 3.8) is 0 Å². The summed E-state index contributed by atoms with van der Waals surface area (Å²) in [5.74, 6) is 0.222. The van der Waals surface area contributed by atoms with Gasteiger partial charge in [0.15, 0.2) is 0 Å². The Kier molecular flexibility index (Phi) is 4.88. The van der Waals surface area contributed by atoms with Gasteiger partial charge >= 0.3 is 0 Å². The van der Waals surface area contributed by atoms with Crippen LogP contribution in [0.1, 0.15) is 24.5 Å². The predicted octanol–water partition coefficient (Wildman–Crippen LogP) is 2.63. The Hall–Kier alpha value is -2.30. The third kappa shape index (κ3) is 3.61. The number of piperazine rings is 1. The van der Waals surface area contributed by atoms with Crippen molar-refractivity contribution in [1.82, 2.24) is 14.7 Å². The highest BCUT2D eigenvalue weighted by atomic mass is 16.2. The van der Waals surface area contributed by atoms with Crippen LogP contribution in [0.5, 0.6) is 0 Å². The number of rotatable bonds is 4. The minimum Gasteiger partial charge on any atom is -0.367 e. The average Bonchev–Trinajstić information content (AvgIpc) is 2.98. The highest BCUT2D eigenvalue weighted by Crippen LogP contribution is 2.23. The molecule has 5 nitrogen and oxygen atoms in total. The van der Waals surface area contributed by atoms with E-state index in [1.165, 1.54) is 11.3 Å². The lowest BCUT2D eigenvalue weighted by Gasteiger charge is -2.41. The number of hydrogen-bond acceptors (Lipinski definition) is 3. The normalized spacial score (nSPS) is 18.0. The summed E-state index contributed by atoms with van der Waals surface area (Å²) in [6, 6.07) is 8.68. The molecule has 0 radical (unpaired) electrons. The topological polar surface area (TPSA) is 41.4 Å². The zero-order valence-electron chi connectivity index (χ0n) is 14.8. The van der Waals surface area contributed by atoms with Gasteiger partial charge in [-0.1, -0.05) is 18.2 Å². The summed E-state index contributed by atoms with van der Waals surface area (Å²) in [4.78, 5) is 17.0.